The number of esters is 2. The summed E-state index contributed by atoms with van der Waals surface area (Å²) in [5.74, 6) is -1.99. The van der Waals surface area contributed by atoms with Gasteiger partial charge < -0.3 is 28.5 Å². The van der Waals surface area contributed by atoms with Crippen molar-refractivity contribution in [1.29, 1.82) is 0 Å². The summed E-state index contributed by atoms with van der Waals surface area (Å²) in [5.41, 5.74) is 0. The van der Waals surface area contributed by atoms with Gasteiger partial charge in [-0.2, -0.15) is 0 Å². The SMILES string of the molecule is CC/C=C\C/C=C\C/C=C\C/C=C\C/C=C\C/C=C\CCCCCCCCCCCCCCCCCCCCCCCCC(=O)OC(COC(=O)CCCCCCCCCCCCCCC/C=C\C/C=C\CCCCCCC)COC(OCC[N+](C)(C)C)C(=O)O. The molecular weight excluding hydrogens is 1130 g/mol. The lowest BCUT2D eigenvalue weighted by Gasteiger charge is -2.25. The lowest BCUT2D eigenvalue weighted by molar-refractivity contribution is -0.870. The van der Waals surface area contributed by atoms with E-state index >= 15 is 0 Å². The smallest absolute Gasteiger partial charge is 0.361 e. The van der Waals surface area contributed by atoms with Crippen LogP contribution in [0.3, 0.4) is 0 Å². The van der Waals surface area contributed by atoms with Crippen LogP contribution in [0.1, 0.15) is 348 Å². The molecule has 526 valence electrons. The Morgan fingerprint density at radius 3 is 0.934 bits per heavy atom. The van der Waals surface area contributed by atoms with Gasteiger partial charge in [-0.05, 0) is 96.3 Å². The van der Waals surface area contributed by atoms with Crippen molar-refractivity contribution >= 4 is 17.9 Å². The topological polar surface area (TPSA) is 108 Å². The van der Waals surface area contributed by atoms with Gasteiger partial charge in [-0.25, -0.2) is 4.79 Å². The normalized spacial score (nSPS) is 13.2. The zero-order valence-electron chi connectivity index (χ0n) is 60.2. The number of rotatable bonds is 71. The van der Waals surface area contributed by atoms with Crippen molar-refractivity contribution < 1.29 is 42.9 Å². The highest BCUT2D eigenvalue weighted by atomic mass is 16.7. The monoisotopic (exact) mass is 1270 g/mol. The number of carbonyl (C=O) groups is 3. The number of unbranched alkanes of at least 4 members (excludes halogenated alkanes) is 40. The van der Waals surface area contributed by atoms with Gasteiger partial charge in [-0.3, -0.25) is 9.59 Å². The van der Waals surface area contributed by atoms with E-state index in [1.54, 1.807) is 0 Å². The van der Waals surface area contributed by atoms with Crippen LogP contribution in [0, 0.1) is 0 Å². The maximum absolute atomic E-state index is 13.0. The molecule has 0 aromatic heterocycles. The van der Waals surface area contributed by atoms with E-state index in [1.807, 2.05) is 21.1 Å². The average molecular weight is 1270 g/mol. The van der Waals surface area contributed by atoms with E-state index in [-0.39, 0.29) is 38.2 Å². The van der Waals surface area contributed by atoms with Gasteiger partial charge in [0.2, 0.25) is 0 Å². The molecule has 0 radical (unpaired) electrons. The first-order valence-corrected chi connectivity index (χ1v) is 38.4. The molecule has 2 atom stereocenters. The molecule has 0 amide bonds. The van der Waals surface area contributed by atoms with Gasteiger partial charge in [0.25, 0.3) is 6.29 Å². The number of allylic oxidation sites excluding steroid dienone is 16. The number of carbonyl (C=O) groups excluding carboxylic acids is 2. The van der Waals surface area contributed by atoms with Gasteiger partial charge in [0.1, 0.15) is 13.2 Å². The molecule has 9 heteroatoms. The number of ether oxygens (including phenoxy) is 4. The summed E-state index contributed by atoms with van der Waals surface area (Å²) < 4.78 is 23.0. The Kier molecular flexibility index (Phi) is 69.0. The molecule has 2 unspecified atom stereocenters. The zero-order chi connectivity index (χ0) is 66.1. The minimum Gasteiger partial charge on any atom is -0.477 e. The number of hydrogen-bond acceptors (Lipinski definition) is 7. The van der Waals surface area contributed by atoms with E-state index in [1.165, 1.54) is 238 Å². The van der Waals surface area contributed by atoms with E-state index in [4.69, 9.17) is 18.9 Å². The first kappa shape index (κ1) is 87.2. The molecule has 0 spiro atoms. The molecule has 0 aromatic carbocycles. The summed E-state index contributed by atoms with van der Waals surface area (Å²) in [6, 6.07) is 0. The van der Waals surface area contributed by atoms with Crippen LogP contribution >= 0.6 is 0 Å². The first-order valence-electron chi connectivity index (χ1n) is 38.4. The summed E-state index contributed by atoms with van der Waals surface area (Å²) in [5, 5.41) is 9.76. The molecule has 0 saturated heterocycles. The van der Waals surface area contributed by atoms with Crippen molar-refractivity contribution in [2.45, 2.75) is 360 Å². The van der Waals surface area contributed by atoms with E-state index < -0.39 is 18.4 Å². The van der Waals surface area contributed by atoms with Crippen molar-refractivity contribution in [2.24, 2.45) is 0 Å². The van der Waals surface area contributed by atoms with Crippen LogP contribution < -0.4 is 0 Å². The van der Waals surface area contributed by atoms with Crippen LogP contribution in [-0.4, -0.2) is 87.4 Å². The minimum absolute atomic E-state index is 0.181. The fourth-order valence-corrected chi connectivity index (χ4v) is 11.0. The van der Waals surface area contributed by atoms with Crippen molar-refractivity contribution in [1.82, 2.24) is 0 Å². The highest BCUT2D eigenvalue weighted by Gasteiger charge is 2.25. The number of aliphatic carboxylic acids is 1. The molecule has 9 nitrogen and oxygen atoms in total. The maximum atomic E-state index is 13.0. The Morgan fingerprint density at radius 2 is 0.626 bits per heavy atom. The number of carboxylic acids is 1. The number of carboxylic acid groups (broad SMARTS) is 1. The van der Waals surface area contributed by atoms with Crippen LogP contribution in [0.5, 0.6) is 0 Å². The summed E-state index contributed by atoms with van der Waals surface area (Å²) in [4.78, 5) is 37.7. The molecule has 0 fully saturated rings. The van der Waals surface area contributed by atoms with E-state index in [0.29, 0.717) is 17.4 Å². The quantitative estimate of drug-likeness (QED) is 0.0211. The van der Waals surface area contributed by atoms with Gasteiger partial charge in [0, 0.05) is 12.8 Å². The molecule has 0 aliphatic heterocycles. The largest absolute Gasteiger partial charge is 0.477 e. The second-order valence-corrected chi connectivity index (χ2v) is 26.9. The van der Waals surface area contributed by atoms with E-state index in [0.717, 1.165) is 83.5 Å². The number of quaternary nitrogens is 1. The Labute approximate surface area is 562 Å². The second kappa shape index (κ2) is 72.0. The molecule has 0 bridgehead atoms. The van der Waals surface area contributed by atoms with Crippen LogP contribution in [0.4, 0.5) is 0 Å². The molecule has 91 heavy (non-hydrogen) atoms. The highest BCUT2D eigenvalue weighted by Crippen LogP contribution is 2.18. The number of likely N-dealkylation sites (N-methyl/N-ethyl adjacent to an activating group) is 1. The van der Waals surface area contributed by atoms with Gasteiger partial charge in [-0.1, -0.05) is 336 Å². The molecule has 0 aliphatic rings. The second-order valence-electron chi connectivity index (χ2n) is 26.9. The molecule has 0 aliphatic carbocycles. The Balaban J connectivity index is 4.00. The van der Waals surface area contributed by atoms with Crippen molar-refractivity contribution in [3.05, 3.63) is 97.2 Å². The number of nitrogens with zero attached hydrogens (tertiary/aromatic N) is 1. The van der Waals surface area contributed by atoms with Gasteiger partial charge in [-0.15, -0.1) is 0 Å². The Morgan fingerprint density at radius 1 is 0.341 bits per heavy atom. The standard InChI is InChI=1S/C82H145NO8/c1-6-8-10-12-14-16-18-20-22-24-26-28-30-32-33-34-35-36-37-38-39-40-41-42-43-44-45-46-47-49-51-53-55-57-59-61-63-65-67-69-71-73-80(85)91-78(77-90-82(81(86)87)88-75-74-83(3,4)5)76-89-79(84)72-70-68-66-64-62-60-58-56-54-52-50-48-31-29-27-25-23-21-19-17-15-13-11-9-7-2/h8,10,14,16,19-22,25-28,32-33,35-36,78,82H,6-7,9,11-13,15,17-18,23-24,29-31,34,37-77H2,1-5H3/p+1/b10-8-,16-14-,21-19-,22-20-,27-25-,28-26-,33-32-,36-35-. The molecule has 0 saturated carbocycles. The fraction of sp³-hybridized carbons (Fsp3) is 0.768. The Hall–Kier alpha value is -3.79. The van der Waals surface area contributed by atoms with Crippen molar-refractivity contribution in [3.8, 4) is 0 Å². The lowest BCUT2D eigenvalue weighted by atomic mass is 10.0. The zero-order valence-corrected chi connectivity index (χ0v) is 60.2. The van der Waals surface area contributed by atoms with E-state index in [9.17, 15) is 19.5 Å². The van der Waals surface area contributed by atoms with Gasteiger partial charge in [0.05, 0.1) is 34.4 Å². The summed E-state index contributed by atoms with van der Waals surface area (Å²) in [6.45, 7) is 4.80. The molecular formula is C82H146NO8+. The summed E-state index contributed by atoms with van der Waals surface area (Å²) in [6.07, 6.45) is 96.9. The average Bonchev–Trinajstić information content (AvgIpc) is 3.53. The van der Waals surface area contributed by atoms with Crippen molar-refractivity contribution in [3.63, 3.8) is 0 Å². The third kappa shape index (κ3) is 73.5. The van der Waals surface area contributed by atoms with E-state index in [2.05, 4.69) is 111 Å². The summed E-state index contributed by atoms with van der Waals surface area (Å²) in [7, 11) is 5.99. The molecule has 1 N–H and O–H groups in total. The van der Waals surface area contributed by atoms with Gasteiger partial charge in [0.15, 0.2) is 6.10 Å². The first-order chi connectivity index (χ1) is 44.6. The van der Waals surface area contributed by atoms with Crippen molar-refractivity contribution in [2.75, 3.05) is 47.5 Å². The Bertz CT molecular complexity index is 1820. The predicted octanol–water partition coefficient (Wildman–Crippen LogP) is 24.4. The number of hydrogen-bond donors (Lipinski definition) is 1. The predicted molar refractivity (Wildman–Crippen MR) is 392 cm³/mol. The maximum Gasteiger partial charge on any atom is 0.361 e. The minimum atomic E-state index is -1.51. The van der Waals surface area contributed by atoms with Crippen LogP contribution in [0.25, 0.3) is 0 Å². The third-order valence-electron chi connectivity index (χ3n) is 16.8. The molecule has 0 rings (SSSR count). The van der Waals surface area contributed by atoms with Crippen LogP contribution in [0.2, 0.25) is 0 Å². The fourth-order valence-electron chi connectivity index (χ4n) is 11.0. The van der Waals surface area contributed by atoms with Crippen LogP contribution in [0.15, 0.2) is 97.2 Å². The summed E-state index contributed by atoms with van der Waals surface area (Å²) >= 11 is 0. The van der Waals surface area contributed by atoms with Gasteiger partial charge >= 0.3 is 17.9 Å². The molecule has 0 aromatic rings. The molecule has 0 heterocycles. The third-order valence-corrected chi connectivity index (χ3v) is 16.8. The highest BCUT2D eigenvalue weighted by molar-refractivity contribution is 5.71. The van der Waals surface area contributed by atoms with Crippen LogP contribution in [-0.2, 0) is 33.3 Å². The lowest BCUT2D eigenvalue weighted by Crippen LogP contribution is -2.40.